The molecule has 0 aliphatic carbocycles. The van der Waals surface area contributed by atoms with E-state index in [0.29, 0.717) is 0 Å². The van der Waals surface area contributed by atoms with Gasteiger partial charge in [0.05, 0.1) is 0 Å². The van der Waals surface area contributed by atoms with Crippen LogP contribution in [0.15, 0.2) is 18.2 Å². The predicted octanol–water partition coefficient (Wildman–Crippen LogP) is 1.97. The van der Waals surface area contributed by atoms with Crippen molar-refractivity contribution >= 4 is 11.6 Å². The van der Waals surface area contributed by atoms with Crippen molar-refractivity contribution in [2.45, 2.75) is 37.5 Å². The normalized spacial score (nSPS) is 22.4. The Labute approximate surface area is 157 Å². The minimum absolute atomic E-state index is 0.0597. The van der Waals surface area contributed by atoms with E-state index in [1.165, 1.54) is 56.4 Å². The number of likely N-dealkylation sites (tertiary alicyclic amines) is 1. The molecule has 3 heterocycles. The van der Waals surface area contributed by atoms with Crippen LogP contribution in [0.4, 0.5) is 5.69 Å². The summed E-state index contributed by atoms with van der Waals surface area (Å²) in [4.78, 5) is 17.4. The van der Waals surface area contributed by atoms with Crippen molar-refractivity contribution in [3.63, 3.8) is 0 Å². The molecule has 0 unspecified atom stereocenters. The number of amides is 1. The Morgan fingerprint density at radius 2 is 1.96 bits per heavy atom. The van der Waals surface area contributed by atoms with Crippen molar-refractivity contribution < 1.29 is 4.79 Å². The highest BCUT2D eigenvalue weighted by Gasteiger charge is 2.42. The van der Waals surface area contributed by atoms with Crippen LogP contribution in [-0.2, 0) is 5.41 Å². The lowest BCUT2D eigenvalue weighted by atomic mass is 9.74. The van der Waals surface area contributed by atoms with E-state index in [0.717, 1.165) is 38.3 Å². The number of fused-ring (bicyclic) bond motifs is 2. The Bertz CT molecular complexity index is 647. The number of anilines is 1. The summed E-state index contributed by atoms with van der Waals surface area (Å²) >= 11 is 0. The molecule has 1 amide bonds. The minimum Gasteiger partial charge on any atom is -0.373 e. The lowest BCUT2D eigenvalue weighted by Gasteiger charge is -2.34. The van der Waals surface area contributed by atoms with Gasteiger partial charge >= 0.3 is 0 Å². The molecule has 0 saturated carbocycles. The first-order chi connectivity index (χ1) is 12.7. The van der Waals surface area contributed by atoms with Crippen LogP contribution in [0.25, 0.3) is 0 Å². The number of benzene rings is 1. The lowest BCUT2D eigenvalue weighted by molar-refractivity contribution is 0.0946. The Kier molecular flexibility index (Phi) is 5.18. The molecule has 2 N–H and O–H groups in total. The summed E-state index contributed by atoms with van der Waals surface area (Å²) in [7, 11) is 2.16. The molecule has 2 saturated heterocycles. The molecule has 3 aliphatic rings. The molecule has 0 radical (unpaired) electrons. The van der Waals surface area contributed by atoms with Crippen molar-refractivity contribution in [1.82, 2.24) is 15.5 Å². The highest BCUT2D eigenvalue weighted by Crippen LogP contribution is 2.45. The zero-order chi connectivity index (χ0) is 18.0. The standard InChI is InChI=1S/C21H32N4O/c1-24-16-21(7-9-22-10-8-21)18-6-5-17(15-19(18)24)20(26)23-11-14-25-12-3-2-4-13-25/h5-6,15,22H,2-4,7-14,16H2,1H3,(H,23,26). The van der Waals surface area contributed by atoms with Gasteiger partial charge in [-0.3, -0.25) is 4.79 Å². The van der Waals surface area contributed by atoms with Gasteiger partial charge in [0.25, 0.3) is 5.91 Å². The molecular weight excluding hydrogens is 324 g/mol. The quantitative estimate of drug-likeness (QED) is 0.866. The van der Waals surface area contributed by atoms with Gasteiger partial charge in [-0.2, -0.15) is 0 Å². The van der Waals surface area contributed by atoms with E-state index >= 15 is 0 Å². The van der Waals surface area contributed by atoms with Gasteiger partial charge in [0.15, 0.2) is 0 Å². The van der Waals surface area contributed by atoms with E-state index in [1.54, 1.807) is 0 Å². The van der Waals surface area contributed by atoms with Gasteiger partial charge in [0, 0.05) is 43.3 Å². The van der Waals surface area contributed by atoms with Crippen LogP contribution in [0.3, 0.4) is 0 Å². The summed E-state index contributed by atoms with van der Waals surface area (Å²) in [5.41, 5.74) is 3.75. The average molecular weight is 357 g/mol. The van der Waals surface area contributed by atoms with E-state index < -0.39 is 0 Å². The Morgan fingerprint density at radius 3 is 2.73 bits per heavy atom. The first-order valence-electron chi connectivity index (χ1n) is 10.2. The number of hydrogen-bond acceptors (Lipinski definition) is 4. The largest absolute Gasteiger partial charge is 0.373 e. The fraction of sp³-hybridized carbons (Fsp3) is 0.667. The van der Waals surface area contributed by atoms with Gasteiger partial charge in [-0.25, -0.2) is 0 Å². The maximum absolute atomic E-state index is 12.6. The fourth-order valence-electron chi connectivity index (χ4n) is 5.01. The van der Waals surface area contributed by atoms with Gasteiger partial charge in [-0.1, -0.05) is 12.5 Å². The molecule has 26 heavy (non-hydrogen) atoms. The van der Waals surface area contributed by atoms with Crippen LogP contribution in [-0.4, -0.2) is 63.7 Å². The molecule has 5 nitrogen and oxygen atoms in total. The molecule has 0 bridgehead atoms. The fourth-order valence-corrected chi connectivity index (χ4v) is 5.01. The van der Waals surface area contributed by atoms with E-state index in [4.69, 9.17) is 0 Å². The molecule has 0 aromatic heterocycles. The molecule has 3 aliphatic heterocycles. The molecule has 0 atom stereocenters. The number of nitrogens with zero attached hydrogens (tertiary/aromatic N) is 2. The second kappa shape index (κ2) is 7.57. The highest BCUT2D eigenvalue weighted by atomic mass is 16.1. The molecule has 2 fully saturated rings. The van der Waals surface area contributed by atoms with Crippen LogP contribution in [0.1, 0.15) is 48.0 Å². The average Bonchev–Trinajstić information content (AvgIpc) is 2.94. The maximum Gasteiger partial charge on any atom is 0.251 e. The highest BCUT2D eigenvalue weighted by molar-refractivity contribution is 5.95. The Balaban J connectivity index is 1.40. The van der Waals surface area contributed by atoms with E-state index in [2.05, 4.69) is 39.6 Å². The maximum atomic E-state index is 12.6. The number of hydrogen-bond donors (Lipinski definition) is 2. The van der Waals surface area contributed by atoms with Crippen LogP contribution < -0.4 is 15.5 Å². The molecule has 5 heteroatoms. The molecule has 142 valence electrons. The van der Waals surface area contributed by atoms with E-state index in [1.807, 2.05) is 6.07 Å². The van der Waals surface area contributed by atoms with Crippen molar-refractivity contribution in [2.75, 3.05) is 57.8 Å². The Hall–Kier alpha value is -1.59. The van der Waals surface area contributed by atoms with Gasteiger partial charge in [0.2, 0.25) is 0 Å². The number of rotatable bonds is 4. The summed E-state index contributed by atoms with van der Waals surface area (Å²) in [5.74, 6) is 0.0597. The van der Waals surface area contributed by atoms with Gasteiger partial charge in [0.1, 0.15) is 0 Å². The predicted molar refractivity (Wildman–Crippen MR) is 106 cm³/mol. The van der Waals surface area contributed by atoms with Crippen molar-refractivity contribution in [3.05, 3.63) is 29.3 Å². The van der Waals surface area contributed by atoms with Crippen molar-refractivity contribution in [2.24, 2.45) is 0 Å². The smallest absolute Gasteiger partial charge is 0.251 e. The molecule has 1 aromatic rings. The van der Waals surface area contributed by atoms with Crippen molar-refractivity contribution in [3.8, 4) is 0 Å². The third-order valence-corrected chi connectivity index (χ3v) is 6.51. The zero-order valence-corrected chi connectivity index (χ0v) is 16.0. The summed E-state index contributed by atoms with van der Waals surface area (Å²) in [6.07, 6.45) is 6.31. The van der Waals surface area contributed by atoms with Gasteiger partial charge < -0.3 is 20.4 Å². The second-order valence-corrected chi connectivity index (χ2v) is 8.28. The number of carbonyl (C=O) groups is 1. The summed E-state index contributed by atoms with van der Waals surface area (Å²) in [5, 5.41) is 6.59. The molecular formula is C21H32N4O. The minimum atomic E-state index is 0.0597. The second-order valence-electron chi connectivity index (χ2n) is 8.28. The summed E-state index contributed by atoms with van der Waals surface area (Å²) in [6.45, 7) is 7.31. The lowest BCUT2D eigenvalue weighted by Crippen LogP contribution is -2.42. The Morgan fingerprint density at radius 1 is 1.19 bits per heavy atom. The number of nitrogens with one attached hydrogen (secondary N) is 2. The van der Waals surface area contributed by atoms with Crippen LogP contribution in [0, 0.1) is 0 Å². The number of piperidine rings is 2. The molecule has 1 aromatic carbocycles. The van der Waals surface area contributed by atoms with E-state index in [9.17, 15) is 4.79 Å². The summed E-state index contributed by atoms with van der Waals surface area (Å²) in [6, 6.07) is 6.34. The van der Waals surface area contributed by atoms with Crippen molar-refractivity contribution in [1.29, 1.82) is 0 Å². The topological polar surface area (TPSA) is 47.6 Å². The number of likely N-dealkylation sites (N-methyl/N-ethyl adjacent to an activating group) is 1. The van der Waals surface area contributed by atoms with Gasteiger partial charge in [-0.15, -0.1) is 0 Å². The van der Waals surface area contributed by atoms with Crippen LogP contribution >= 0.6 is 0 Å². The monoisotopic (exact) mass is 356 g/mol. The first-order valence-corrected chi connectivity index (χ1v) is 10.2. The van der Waals surface area contributed by atoms with E-state index in [-0.39, 0.29) is 11.3 Å². The number of carbonyl (C=O) groups excluding carboxylic acids is 1. The summed E-state index contributed by atoms with van der Waals surface area (Å²) < 4.78 is 0. The third-order valence-electron chi connectivity index (χ3n) is 6.51. The molecule has 1 spiro atoms. The van der Waals surface area contributed by atoms with Crippen LogP contribution in [0.5, 0.6) is 0 Å². The third kappa shape index (κ3) is 3.47. The SMILES string of the molecule is CN1CC2(CCNCC2)c2ccc(C(=O)NCCN3CCCCC3)cc21. The van der Waals surface area contributed by atoms with Crippen LogP contribution in [0.2, 0.25) is 0 Å². The first kappa shape index (κ1) is 17.8. The molecule has 4 rings (SSSR count). The van der Waals surface area contributed by atoms with Gasteiger partial charge in [-0.05, 0) is 69.6 Å². The zero-order valence-electron chi connectivity index (χ0n) is 16.0.